The lowest BCUT2D eigenvalue weighted by molar-refractivity contribution is 0.0596. The van der Waals surface area contributed by atoms with Crippen molar-refractivity contribution in [3.63, 3.8) is 0 Å². The molecule has 9 heteroatoms. The molecule has 2 aromatic heterocycles. The standard InChI is InChI=1S/C17H22F2N4O3/c1-5-6-11-13(16(25)26-4)10(2)21-14(11)15(24)22(3)9-12-20-7-8-23(12)17(18)19/h7-8,17,21H,5-6,9H2,1-4H3. The largest absolute Gasteiger partial charge is 0.465 e. The lowest BCUT2D eigenvalue weighted by atomic mass is 10.0. The Labute approximate surface area is 150 Å². The van der Waals surface area contributed by atoms with E-state index in [0.29, 0.717) is 27.8 Å². The van der Waals surface area contributed by atoms with E-state index in [4.69, 9.17) is 4.74 Å². The fraction of sp³-hybridized carbons (Fsp3) is 0.471. The molecule has 0 atom stereocenters. The number of imidazole rings is 1. The second-order valence-electron chi connectivity index (χ2n) is 5.91. The van der Waals surface area contributed by atoms with Gasteiger partial charge in [0.2, 0.25) is 0 Å². The number of halogens is 2. The SMILES string of the molecule is CCCc1c(C(=O)N(C)Cc2nccn2C(F)F)[nH]c(C)c1C(=O)OC. The summed E-state index contributed by atoms with van der Waals surface area (Å²) in [7, 11) is 2.78. The third-order valence-corrected chi connectivity index (χ3v) is 4.08. The van der Waals surface area contributed by atoms with Gasteiger partial charge in [0.25, 0.3) is 5.91 Å². The van der Waals surface area contributed by atoms with E-state index in [2.05, 4.69) is 9.97 Å². The molecule has 0 aliphatic carbocycles. The minimum atomic E-state index is -2.73. The van der Waals surface area contributed by atoms with Crippen molar-refractivity contribution in [1.82, 2.24) is 19.4 Å². The van der Waals surface area contributed by atoms with E-state index in [9.17, 15) is 18.4 Å². The first-order chi connectivity index (χ1) is 12.3. The number of rotatable bonds is 7. The van der Waals surface area contributed by atoms with Crippen molar-refractivity contribution in [2.45, 2.75) is 39.8 Å². The van der Waals surface area contributed by atoms with Crippen LogP contribution in [0.5, 0.6) is 0 Å². The van der Waals surface area contributed by atoms with Crippen LogP contribution in [0.1, 0.15) is 57.8 Å². The summed E-state index contributed by atoms with van der Waals surface area (Å²) < 4.78 is 31.4. The van der Waals surface area contributed by atoms with Crippen LogP contribution >= 0.6 is 0 Å². The number of hydrogen-bond acceptors (Lipinski definition) is 4. The predicted octanol–water partition coefficient (Wildman–Crippen LogP) is 2.93. The molecular weight excluding hydrogens is 346 g/mol. The van der Waals surface area contributed by atoms with Gasteiger partial charge >= 0.3 is 12.5 Å². The first kappa shape index (κ1) is 19.6. The van der Waals surface area contributed by atoms with E-state index in [1.165, 1.54) is 25.3 Å². The number of carbonyl (C=O) groups is 2. The Kier molecular flexibility index (Phi) is 6.12. The average Bonchev–Trinajstić information content (AvgIpc) is 3.18. The first-order valence-electron chi connectivity index (χ1n) is 8.16. The normalized spacial score (nSPS) is 11.0. The van der Waals surface area contributed by atoms with Crippen LogP contribution in [0.3, 0.4) is 0 Å². The molecule has 0 fully saturated rings. The molecule has 0 aromatic carbocycles. The molecule has 0 aliphatic heterocycles. The van der Waals surface area contributed by atoms with E-state index in [1.807, 2.05) is 6.92 Å². The van der Waals surface area contributed by atoms with Gasteiger partial charge in [-0.25, -0.2) is 9.78 Å². The van der Waals surface area contributed by atoms with Crippen molar-refractivity contribution < 1.29 is 23.1 Å². The zero-order valence-electron chi connectivity index (χ0n) is 15.2. The minimum absolute atomic E-state index is 0.0735. The molecule has 2 heterocycles. The number of aromatic nitrogens is 3. The molecular formula is C17H22F2N4O3. The van der Waals surface area contributed by atoms with Gasteiger partial charge in [0.05, 0.1) is 19.2 Å². The highest BCUT2D eigenvalue weighted by atomic mass is 19.3. The first-order valence-corrected chi connectivity index (χ1v) is 8.16. The predicted molar refractivity (Wildman–Crippen MR) is 90.1 cm³/mol. The molecule has 0 saturated heterocycles. The van der Waals surface area contributed by atoms with E-state index in [0.717, 1.165) is 12.6 Å². The monoisotopic (exact) mass is 368 g/mol. The molecule has 0 bridgehead atoms. The summed E-state index contributed by atoms with van der Waals surface area (Å²) in [5, 5.41) is 0. The number of aryl methyl sites for hydroxylation is 1. The number of aromatic amines is 1. The lowest BCUT2D eigenvalue weighted by Gasteiger charge is -2.18. The van der Waals surface area contributed by atoms with Crippen molar-refractivity contribution in [1.29, 1.82) is 0 Å². The number of esters is 1. The van der Waals surface area contributed by atoms with Crippen LogP contribution in [-0.4, -0.2) is 45.5 Å². The Hall–Kier alpha value is -2.71. The molecule has 1 N–H and O–H groups in total. The highest BCUT2D eigenvalue weighted by molar-refractivity contribution is 6.00. The van der Waals surface area contributed by atoms with Crippen LogP contribution in [0.15, 0.2) is 12.4 Å². The number of nitrogens with one attached hydrogen (secondary N) is 1. The van der Waals surface area contributed by atoms with E-state index in [-0.39, 0.29) is 18.1 Å². The summed E-state index contributed by atoms with van der Waals surface area (Å²) in [5.74, 6) is -0.850. The summed E-state index contributed by atoms with van der Waals surface area (Å²) >= 11 is 0. The number of H-pyrrole nitrogens is 1. The Morgan fingerprint density at radius 3 is 2.69 bits per heavy atom. The molecule has 2 aromatic rings. The van der Waals surface area contributed by atoms with Gasteiger partial charge in [-0.3, -0.25) is 9.36 Å². The van der Waals surface area contributed by atoms with Gasteiger partial charge in [-0.1, -0.05) is 13.3 Å². The van der Waals surface area contributed by atoms with Gasteiger partial charge in [0.1, 0.15) is 11.5 Å². The van der Waals surface area contributed by atoms with Crippen molar-refractivity contribution in [3.05, 3.63) is 40.7 Å². The summed E-state index contributed by atoms with van der Waals surface area (Å²) in [6.45, 7) is 0.796. The van der Waals surface area contributed by atoms with Crippen LogP contribution in [0.4, 0.5) is 8.78 Å². The molecule has 26 heavy (non-hydrogen) atoms. The van der Waals surface area contributed by atoms with Gasteiger partial charge in [-0.05, 0) is 18.9 Å². The summed E-state index contributed by atoms with van der Waals surface area (Å²) in [5.41, 5.74) is 1.72. The highest BCUT2D eigenvalue weighted by Gasteiger charge is 2.27. The molecule has 0 unspecified atom stereocenters. The zero-order valence-corrected chi connectivity index (χ0v) is 15.2. The Morgan fingerprint density at radius 2 is 2.12 bits per heavy atom. The third-order valence-electron chi connectivity index (χ3n) is 4.08. The topological polar surface area (TPSA) is 80.2 Å². The molecule has 142 valence electrons. The minimum Gasteiger partial charge on any atom is -0.465 e. The Balaban J connectivity index is 2.33. The van der Waals surface area contributed by atoms with E-state index in [1.54, 1.807) is 6.92 Å². The molecule has 2 rings (SSSR count). The van der Waals surface area contributed by atoms with Gasteiger partial charge < -0.3 is 14.6 Å². The third kappa shape index (κ3) is 3.76. The van der Waals surface area contributed by atoms with Crippen LogP contribution < -0.4 is 0 Å². The van der Waals surface area contributed by atoms with Gasteiger partial charge in [-0.15, -0.1) is 0 Å². The molecule has 0 saturated carbocycles. The number of hydrogen-bond donors (Lipinski definition) is 1. The summed E-state index contributed by atoms with van der Waals surface area (Å²) in [6.07, 6.45) is 3.65. The van der Waals surface area contributed by atoms with Crippen molar-refractivity contribution in [2.75, 3.05) is 14.2 Å². The van der Waals surface area contributed by atoms with Gasteiger partial charge in [0, 0.05) is 25.1 Å². The maximum absolute atomic E-state index is 12.9. The number of nitrogens with zero attached hydrogens (tertiary/aromatic N) is 3. The Morgan fingerprint density at radius 1 is 1.42 bits per heavy atom. The molecule has 7 nitrogen and oxygen atoms in total. The molecule has 0 spiro atoms. The fourth-order valence-corrected chi connectivity index (χ4v) is 2.86. The van der Waals surface area contributed by atoms with E-state index >= 15 is 0 Å². The lowest BCUT2D eigenvalue weighted by Crippen LogP contribution is -2.29. The number of ether oxygens (including phenoxy) is 1. The highest BCUT2D eigenvalue weighted by Crippen LogP contribution is 2.23. The number of carbonyl (C=O) groups excluding carboxylic acids is 2. The number of alkyl halides is 2. The molecule has 0 radical (unpaired) electrons. The second kappa shape index (κ2) is 8.11. The summed E-state index contributed by atoms with van der Waals surface area (Å²) in [4.78, 5) is 33.0. The molecule has 0 aliphatic rings. The van der Waals surface area contributed by atoms with Gasteiger partial charge in [0.15, 0.2) is 0 Å². The quantitative estimate of drug-likeness (QED) is 0.762. The van der Waals surface area contributed by atoms with Gasteiger partial charge in [-0.2, -0.15) is 8.78 Å². The van der Waals surface area contributed by atoms with Crippen molar-refractivity contribution >= 4 is 11.9 Å². The van der Waals surface area contributed by atoms with E-state index < -0.39 is 18.4 Å². The fourth-order valence-electron chi connectivity index (χ4n) is 2.86. The maximum atomic E-state index is 12.9. The smallest absolute Gasteiger partial charge is 0.339 e. The van der Waals surface area contributed by atoms with Crippen LogP contribution in [0.25, 0.3) is 0 Å². The zero-order chi connectivity index (χ0) is 19.4. The van der Waals surface area contributed by atoms with Crippen molar-refractivity contribution in [2.24, 2.45) is 0 Å². The molecule has 1 amide bonds. The average molecular weight is 368 g/mol. The number of amides is 1. The van der Waals surface area contributed by atoms with Crippen molar-refractivity contribution in [3.8, 4) is 0 Å². The Bertz CT molecular complexity index is 798. The summed E-state index contributed by atoms with van der Waals surface area (Å²) in [6, 6.07) is 0. The van der Waals surface area contributed by atoms with Crippen LogP contribution in [-0.2, 0) is 17.7 Å². The van der Waals surface area contributed by atoms with Crippen LogP contribution in [0.2, 0.25) is 0 Å². The second-order valence-corrected chi connectivity index (χ2v) is 5.91. The number of methoxy groups -OCH3 is 1. The van der Waals surface area contributed by atoms with Crippen LogP contribution in [0, 0.1) is 6.92 Å². The maximum Gasteiger partial charge on any atom is 0.339 e.